The van der Waals surface area contributed by atoms with Crippen LogP contribution in [0.15, 0.2) is 12.3 Å². The Hall–Kier alpha value is -1.92. The lowest BCUT2D eigenvalue weighted by Gasteiger charge is -2.08. The van der Waals surface area contributed by atoms with Crippen molar-refractivity contribution in [2.75, 3.05) is 7.11 Å². The number of aryl methyl sites for hydroxylation is 1. The number of carboxylic acid groups (broad SMARTS) is 1. The highest BCUT2D eigenvalue weighted by Crippen LogP contribution is 2.61. The van der Waals surface area contributed by atoms with E-state index in [1.165, 1.54) is 17.8 Å². The first-order valence-electron chi connectivity index (χ1n) is 5.12. The van der Waals surface area contributed by atoms with Gasteiger partial charge in [-0.05, 0) is 11.6 Å². The number of carbonyl (C=O) groups excluding carboxylic acids is 1. The van der Waals surface area contributed by atoms with E-state index in [4.69, 9.17) is 5.11 Å². The third-order valence-electron chi connectivity index (χ3n) is 3.24. The molecule has 7 heteroatoms. The fraction of sp³-hybridized carbons (Fsp3) is 0.455. The third-order valence-corrected chi connectivity index (χ3v) is 3.24. The molecule has 1 fully saturated rings. The van der Waals surface area contributed by atoms with Gasteiger partial charge < -0.3 is 14.4 Å². The molecule has 1 saturated carbocycles. The minimum atomic E-state index is -3.28. The Morgan fingerprint density at radius 3 is 2.44 bits per heavy atom. The number of ether oxygens (including phenoxy) is 1. The molecule has 0 aliphatic heterocycles. The van der Waals surface area contributed by atoms with Gasteiger partial charge in [0, 0.05) is 19.7 Å². The van der Waals surface area contributed by atoms with E-state index in [0.29, 0.717) is 0 Å². The first kappa shape index (κ1) is 12.5. The van der Waals surface area contributed by atoms with Gasteiger partial charge in [-0.1, -0.05) is 0 Å². The molecule has 0 saturated heterocycles. The Kier molecular flexibility index (Phi) is 2.46. The van der Waals surface area contributed by atoms with E-state index in [9.17, 15) is 18.4 Å². The topological polar surface area (TPSA) is 68.5 Å². The van der Waals surface area contributed by atoms with Gasteiger partial charge in [0.05, 0.1) is 7.11 Å². The maximum absolute atomic E-state index is 13.3. The third kappa shape index (κ3) is 1.43. The Bertz CT molecular complexity index is 537. The molecule has 5 nitrogen and oxygen atoms in total. The number of carbonyl (C=O) groups is 2. The zero-order valence-electron chi connectivity index (χ0n) is 9.74. The van der Waals surface area contributed by atoms with Crippen molar-refractivity contribution in [1.29, 1.82) is 0 Å². The molecule has 1 aliphatic carbocycles. The Morgan fingerprint density at radius 1 is 1.50 bits per heavy atom. The summed E-state index contributed by atoms with van der Waals surface area (Å²) in [5, 5.41) is 8.98. The van der Waals surface area contributed by atoms with E-state index in [1.807, 2.05) is 0 Å². The van der Waals surface area contributed by atoms with Crippen molar-refractivity contribution in [1.82, 2.24) is 4.57 Å². The molecule has 0 aromatic carbocycles. The van der Waals surface area contributed by atoms with Crippen LogP contribution in [0.4, 0.5) is 8.78 Å². The van der Waals surface area contributed by atoms with Gasteiger partial charge >= 0.3 is 11.9 Å². The number of carboxylic acids is 1. The van der Waals surface area contributed by atoms with Crippen LogP contribution in [0.2, 0.25) is 0 Å². The zero-order chi connectivity index (χ0) is 13.7. The lowest BCUT2D eigenvalue weighted by molar-refractivity contribution is -0.142. The van der Waals surface area contributed by atoms with Crippen LogP contribution < -0.4 is 0 Å². The maximum Gasteiger partial charge on any atom is 0.354 e. The van der Waals surface area contributed by atoms with Crippen molar-refractivity contribution in [3.8, 4) is 0 Å². The summed E-state index contributed by atoms with van der Waals surface area (Å²) in [5.74, 6) is -5.57. The number of esters is 1. The summed E-state index contributed by atoms with van der Waals surface area (Å²) in [6.45, 7) is 0. The number of aromatic nitrogens is 1. The molecule has 98 valence electrons. The first-order valence-corrected chi connectivity index (χ1v) is 5.12. The molecular weight excluding hydrogens is 248 g/mol. The van der Waals surface area contributed by atoms with Crippen LogP contribution in [-0.2, 0) is 22.0 Å². The molecule has 0 amide bonds. The molecular formula is C11H11F2NO4. The van der Waals surface area contributed by atoms with Gasteiger partial charge in [0.15, 0.2) is 5.41 Å². The molecule has 0 bridgehead atoms. The molecule has 1 unspecified atom stereocenters. The number of nitrogens with zero attached hydrogens (tertiary/aromatic N) is 1. The SMILES string of the molecule is COC(=O)c1cc(C2(C(=O)O)CC2(F)F)cn1C. The highest BCUT2D eigenvalue weighted by atomic mass is 19.3. The van der Waals surface area contributed by atoms with Crippen LogP contribution in [0.1, 0.15) is 22.5 Å². The van der Waals surface area contributed by atoms with E-state index in [-0.39, 0.29) is 11.3 Å². The Morgan fingerprint density at radius 2 is 2.06 bits per heavy atom. The highest BCUT2D eigenvalue weighted by Gasteiger charge is 2.77. The molecule has 1 aliphatic rings. The zero-order valence-corrected chi connectivity index (χ0v) is 9.74. The van der Waals surface area contributed by atoms with E-state index < -0.39 is 29.7 Å². The quantitative estimate of drug-likeness (QED) is 0.827. The fourth-order valence-electron chi connectivity index (χ4n) is 2.06. The minimum absolute atomic E-state index is 0.0378. The Labute approximate surface area is 101 Å². The van der Waals surface area contributed by atoms with Crippen LogP contribution in [-0.4, -0.2) is 34.6 Å². The molecule has 1 N–H and O–H groups in total. The van der Waals surface area contributed by atoms with E-state index in [0.717, 1.165) is 13.2 Å². The molecule has 1 atom stereocenters. The number of hydrogen-bond acceptors (Lipinski definition) is 3. The van der Waals surface area contributed by atoms with Crippen molar-refractivity contribution < 1.29 is 28.2 Å². The first-order chi connectivity index (χ1) is 8.26. The van der Waals surface area contributed by atoms with Crippen molar-refractivity contribution in [2.24, 2.45) is 7.05 Å². The largest absolute Gasteiger partial charge is 0.480 e. The van der Waals surface area contributed by atoms with Crippen LogP contribution >= 0.6 is 0 Å². The lowest BCUT2D eigenvalue weighted by atomic mass is 9.98. The molecule has 1 heterocycles. The number of alkyl halides is 2. The Balaban J connectivity index is 2.47. The van der Waals surface area contributed by atoms with Crippen LogP contribution in [0.3, 0.4) is 0 Å². The van der Waals surface area contributed by atoms with Crippen molar-refractivity contribution >= 4 is 11.9 Å². The van der Waals surface area contributed by atoms with E-state index >= 15 is 0 Å². The predicted molar refractivity (Wildman–Crippen MR) is 55.6 cm³/mol. The molecule has 1 aromatic heterocycles. The summed E-state index contributed by atoms with van der Waals surface area (Å²) < 4.78 is 32.4. The normalized spacial score (nSPS) is 24.7. The number of halogens is 2. The van der Waals surface area contributed by atoms with Crippen LogP contribution in [0, 0.1) is 0 Å². The van der Waals surface area contributed by atoms with Gasteiger partial charge in [0.25, 0.3) is 5.92 Å². The average Bonchev–Trinajstić information content (AvgIpc) is 2.67. The summed E-state index contributed by atoms with van der Waals surface area (Å²) in [6.07, 6.45) is 0.473. The summed E-state index contributed by atoms with van der Waals surface area (Å²) in [7, 11) is 2.62. The second-order valence-electron chi connectivity index (χ2n) is 4.31. The predicted octanol–water partition coefficient (Wildman–Crippen LogP) is 1.17. The summed E-state index contributed by atoms with van der Waals surface area (Å²) in [4.78, 5) is 22.4. The number of aliphatic carboxylic acids is 1. The number of rotatable bonds is 3. The highest BCUT2D eigenvalue weighted by molar-refractivity contribution is 5.91. The standard InChI is InChI=1S/C11H11F2NO4/c1-14-4-6(3-7(14)8(15)18-2)10(9(16)17)5-11(10,12)13/h3-4H,5H2,1-2H3,(H,16,17). The minimum Gasteiger partial charge on any atom is -0.480 e. The van der Waals surface area contributed by atoms with Gasteiger partial charge in [-0.15, -0.1) is 0 Å². The van der Waals surface area contributed by atoms with E-state index in [2.05, 4.69) is 4.74 Å². The van der Waals surface area contributed by atoms with Gasteiger partial charge in [0.1, 0.15) is 5.69 Å². The van der Waals surface area contributed by atoms with Crippen LogP contribution in [0.25, 0.3) is 0 Å². The summed E-state index contributed by atoms with van der Waals surface area (Å²) >= 11 is 0. The lowest BCUT2D eigenvalue weighted by Crippen LogP contribution is -2.26. The molecule has 0 spiro atoms. The second-order valence-corrected chi connectivity index (χ2v) is 4.31. The van der Waals surface area contributed by atoms with Crippen LogP contribution in [0.5, 0.6) is 0 Å². The molecule has 0 radical (unpaired) electrons. The van der Waals surface area contributed by atoms with E-state index in [1.54, 1.807) is 0 Å². The molecule has 18 heavy (non-hydrogen) atoms. The summed E-state index contributed by atoms with van der Waals surface area (Å²) in [6, 6.07) is 1.14. The molecule has 1 aromatic rings. The van der Waals surface area contributed by atoms with Gasteiger partial charge in [0.2, 0.25) is 0 Å². The van der Waals surface area contributed by atoms with Gasteiger partial charge in [-0.3, -0.25) is 4.79 Å². The number of hydrogen-bond donors (Lipinski definition) is 1. The van der Waals surface area contributed by atoms with Crippen molar-refractivity contribution in [3.05, 3.63) is 23.5 Å². The molecule has 2 rings (SSSR count). The van der Waals surface area contributed by atoms with Crippen molar-refractivity contribution in [2.45, 2.75) is 17.8 Å². The monoisotopic (exact) mass is 259 g/mol. The second kappa shape index (κ2) is 3.54. The summed E-state index contributed by atoms with van der Waals surface area (Å²) in [5.41, 5.74) is -2.25. The van der Waals surface area contributed by atoms with Gasteiger partial charge in [-0.25, -0.2) is 13.6 Å². The number of methoxy groups -OCH3 is 1. The fourth-order valence-corrected chi connectivity index (χ4v) is 2.06. The van der Waals surface area contributed by atoms with Gasteiger partial charge in [-0.2, -0.15) is 0 Å². The smallest absolute Gasteiger partial charge is 0.354 e. The maximum atomic E-state index is 13.3. The average molecular weight is 259 g/mol. The van der Waals surface area contributed by atoms with Crippen molar-refractivity contribution in [3.63, 3.8) is 0 Å².